The Balaban J connectivity index is 1.41. The summed E-state index contributed by atoms with van der Waals surface area (Å²) in [5.41, 5.74) is 2.88. The molecule has 0 aromatic heterocycles. The largest absolute Gasteiger partial charge is 0.494 e. The number of para-hydroxylation sites is 2. The molecule has 3 aromatic carbocycles. The summed E-state index contributed by atoms with van der Waals surface area (Å²) in [6.07, 6.45) is 0. The van der Waals surface area contributed by atoms with E-state index in [1.54, 1.807) is 48.5 Å². The Bertz CT molecular complexity index is 1110. The van der Waals surface area contributed by atoms with Gasteiger partial charge in [-0.15, -0.1) is 0 Å². The van der Waals surface area contributed by atoms with Gasteiger partial charge in [-0.05, 0) is 67.6 Å². The van der Waals surface area contributed by atoms with E-state index in [4.69, 9.17) is 16.3 Å². The van der Waals surface area contributed by atoms with Gasteiger partial charge in [-0.3, -0.25) is 9.59 Å². The topological polar surface area (TPSA) is 61.9 Å². The molecule has 1 aliphatic heterocycles. The van der Waals surface area contributed by atoms with Crippen LogP contribution in [0.25, 0.3) is 0 Å². The van der Waals surface area contributed by atoms with Crippen molar-refractivity contribution in [1.29, 1.82) is 0 Å². The van der Waals surface area contributed by atoms with Gasteiger partial charge in [0, 0.05) is 42.3 Å². The van der Waals surface area contributed by atoms with Crippen LogP contribution in [0, 0.1) is 0 Å². The fourth-order valence-electron chi connectivity index (χ4n) is 3.84. The molecule has 33 heavy (non-hydrogen) atoms. The van der Waals surface area contributed by atoms with Crippen LogP contribution in [0.2, 0.25) is 5.02 Å². The van der Waals surface area contributed by atoms with Crippen LogP contribution < -0.4 is 15.0 Å². The standard InChI is InChI=1S/C26H26ClN3O3/c1-2-33-22-13-9-19(10-14-22)25(31)28-23-5-3-4-6-24(23)29-15-17-30(18-16-29)26(32)20-7-11-21(27)12-8-20/h3-14H,2,15-18H2,1H3,(H,28,31). The van der Waals surface area contributed by atoms with Gasteiger partial charge in [-0.2, -0.15) is 0 Å². The molecule has 0 saturated carbocycles. The molecule has 2 amide bonds. The number of nitrogens with one attached hydrogen (secondary N) is 1. The lowest BCUT2D eigenvalue weighted by Gasteiger charge is -2.37. The Kier molecular flexibility index (Phi) is 7.15. The monoisotopic (exact) mass is 463 g/mol. The SMILES string of the molecule is CCOc1ccc(C(=O)Nc2ccccc2N2CCN(C(=O)c3ccc(Cl)cc3)CC2)cc1. The quantitative estimate of drug-likeness (QED) is 0.561. The van der Waals surface area contributed by atoms with Crippen LogP contribution in [-0.2, 0) is 0 Å². The molecule has 4 rings (SSSR count). The van der Waals surface area contributed by atoms with E-state index in [-0.39, 0.29) is 11.8 Å². The molecule has 1 aliphatic rings. The van der Waals surface area contributed by atoms with Crippen molar-refractivity contribution in [2.45, 2.75) is 6.92 Å². The van der Waals surface area contributed by atoms with Crippen molar-refractivity contribution in [2.75, 3.05) is 43.0 Å². The highest BCUT2D eigenvalue weighted by atomic mass is 35.5. The lowest BCUT2D eigenvalue weighted by molar-refractivity contribution is 0.0746. The number of anilines is 2. The van der Waals surface area contributed by atoms with Crippen LogP contribution in [0.4, 0.5) is 11.4 Å². The zero-order chi connectivity index (χ0) is 23.2. The summed E-state index contributed by atoms with van der Waals surface area (Å²) in [6.45, 7) is 5.05. The van der Waals surface area contributed by atoms with Crippen molar-refractivity contribution >= 4 is 34.8 Å². The number of benzene rings is 3. The van der Waals surface area contributed by atoms with Gasteiger partial charge < -0.3 is 19.9 Å². The van der Waals surface area contributed by atoms with Crippen molar-refractivity contribution < 1.29 is 14.3 Å². The van der Waals surface area contributed by atoms with E-state index in [0.717, 1.165) is 17.1 Å². The van der Waals surface area contributed by atoms with Crippen molar-refractivity contribution in [3.8, 4) is 5.75 Å². The fourth-order valence-corrected chi connectivity index (χ4v) is 3.97. The van der Waals surface area contributed by atoms with Gasteiger partial charge in [0.2, 0.25) is 0 Å². The summed E-state index contributed by atoms with van der Waals surface area (Å²) >= 11 is 5.93. The predicted molar refractivity (Wildman–Crippen MR) is 132 cm³/mol. The molecule has 7 heteroatoms. The maximum absolute atomic E-state index is 12.8. The summed E-state index contributed by atoms with van der Waals surface area (Å²) in [5, 5.41) is 3.64. The zero-order valence-electron chi connectivity index (χ0n) is 18.5. The molecule has 170 valence electrons. The number of nitrogens with zero attached hydrogens (tertiary/aromatic N) is 2. The smallest absolute Gasteiger partial charge is 0.255 e. The van der Waals surface area contributed by atoms with E-state index in [1.165, 1.54) is 0 Å². The van der Waals surface area contributed by atoms with Crippen molar-refractivity contribution in [2.24, 2.45) is 0 Å². The van der Waals surface area contributed by atoms with Crippen LogP contribution >= 0.6 is 11.6 Å². The number of halogens is 1. The Morgan fingerprint density at radius 1 is 0.879 bits per heavy atom. The van der Waals surface area contributed by atoms with E-state index in [2.05, 4.69) is 10.2 Å². The average molecular weight is 464 g/mol. The molecule has 6 nitrogen and oxygen atoms in total. The van der Waals surface area contributed by atoms with Gasteiger partial charge in [0.05, 0.1) is 18.0 Å². The highest BCUT2D eigenvalue weighted by Crippen LogP contribution is 2.28. The van der Waals surface area contributed by atoms with E-state index in [1.807, 2.05) is 36.1 Å². The molecule has 0 atom stereocenters. The Hall–Kier alpha value is -3.51. The zero-order valence-corrected chi connectivity index (χ0v) is 19.2. The summed E-state index contributed by atoms with van der Waals surface area (Å²) in [7, 11) is 0. The number of hydrogen-bond acceptors (Lipinski definition) is 4. The number of piperazine rings is 1. The molecule has 1 N–H and O–H groups in total. The fraction of sp³-hybridized carbons (Fsp3) is 0.231. The minimum absolute atomic E-state index is 0.00315. The van der Waals surface area contributed by atoms with Gasteiger partial charge in [0.25, 0.3) is 11.8 Å². The Morgan fingerprint density at radius 2 is 1.52 bits per heavy atom. The van der Waals surface area contributed by atoms with Crippen LogP contribution in [0.3, 0.4) is 0 Å². The molecule has 1 heterocycles. The van der Waals surface area contributed by atoms with Gasteiger partial charge in [0.15, 0.2) is 0 Å². The normalized spacial score (nSPS) is 13.5. The van der Waals surface area contributed by atoms with Crippen molar-refractivity contribution in [3.63, 3.8) is 0 Å². The molecule has 0 bridgehead atoms. The molecule has 3 aromatic rings. The Morgan fingerprint density at radius 3 is 2.18 bits per heavy atom. The van der Waals surface area contributed by atoms with Crippen LogP contribution in [0.15, 0.2) is 72.8 Å². The third-order valence-electron chi connectivity index (χ3n) is 5.58. The number of amides is 2. The van der Waals surface area contributed by atoms with Gasteiger partial charge in [-0.1, -0.05) is 23.7 Å². The first-order chi connectivity index (χ1) is 16.0. The number of rotatable bonds is 6. The molecular weight excluding hydrogens is 438 g/mol. The first kappa shape index (κ1) is 22.7. The third-order valence-corrected chi connectivity index (χ3v) is 5.83. The van der Waals surface area contributed by atoms with E-state index >= 15 is 0 Å². The van der Waals surface area contributed by atoms with Gasteiger partial charge in [-0.25, -0.2) is 0 Å². The minimum atomic E-state index is -0.179. The molecular formula is C26H26ClN3O3. The van der Waals surface area contributed by atoms with Gasteiger partial charge >= 0.3 is 0 Å². The second-order valence-electron chi connectivity index (χ2n) is 7.71. The summed E-state index contributed by atoms with van der Waals surface area (Å²) in [4.78, 5) is 29.6. The van der Waals surface area contributed by atoms with Crippen molar-refractivity contribution in [3.05, 3.63) is 88.9 Å². The second kappa shape index (κ2) is 10.4. The number of carbonyl (C=O) groups excluding carboxylic acids is 2. The first-order valence-corrected chi connectivity index (χ1v) is 11.4. The van der Waals surface area contributed by atoms with E-state index in [0.29, 0.717) is 48.9 Å². The highest BCUT2D eigenvalue weighted by Gasteiger charge is 2.24. The summed E-state index contributed by atoms with van der Waals surface area (Å²) < 4.78 is 5.44. The number of hydrogen-bond donors (Lipinski definition) is 1. The maximum Gasteiger partial charge on any atom is 0.255 e. The Labute approximate surface area is 198 Å². The lowest BCUT2D eigenvalue weighted by atomic mass is 10.1. The maximum atomic E-state index is 12.8. The molecule has 0 radical (unpaired) electrons. The molecule has 0 spiro atoms. The molecule has 0 unspecified atom stereocenters. The lowest BCUT2D eigenvalue weighted by Crippen LogP contribution is -2.49. The third kappa shape index (κ3) is 5.46. The second-order valence-corrected chi connectivity index (χ2v) is 8.15. The van der Waals surface area contributed by atoms with E-state index < -0.39 is 0 Å². The minimum Gasteiger partial charge on any atom is -0.494 e. The van der Waals surface area contributed by atoms with Crippen LogP contribution in [0.1, 0.15) is 27.6 Å². The summed E-state index contributed by atoms with van der Waals surface area (Å²) in [5.74, 6) is 0.561. The average Bonchev–Trinajstić information content (AvgIpc) is 2.85. The molecule has 0 aliphatic carbocycles. The van der Waals surface area contributed by atoms with Crippen LogP contribution in [0.5, 0.6) is 5.75 Å². The van der Waals surface area contributed by atoms with Crippen molar-refractivity contribution in [1.82, 2.24) is 4.90 Å². The predicted octanol–water partition coefficient (Wildman–Crippen LogP) is 4.95. The number of carbonyl (C=O) groups is 2. The summed E-state index contributed by atoms with van der Waals surface area (Å²) in [6, 6.07) is 21.8. The number of ether oxygens (including phenoxy) is 1. The van der Waals surface area contributed by atoms with Crippen LogP contribution in [-0.4, -0.2) is 49.5 Å². The van der Waals surface area contributed by atoms with Gasteiger partial charge in [0.1, 0.15) is 5.75 Å². The highest BCUT2D eigenvalue weighted by molar-refractivity contribution is 6.30. The first-order valence-electron chi connectivity index (χ1n) is 11.0. The van der Waals surface area contributed by atoms with E-state index in [9.17, 15) is 9.59 Å². The molecule has 1 fully saturated rings. The molecule has 1 saturated heterocycles.